The maximum absolute atomic E-state index is 12.7. The molecule has 1 amide bonds. The molecule has 1 fully saturated rings. The number of nitrogens with one attached hydrogen (secondary N) is 3. The Balaban J connectivity index is 1.20. The summed E-state index contributed by atoms with van der Waals surface area (Å²) in [5.41, 5.74) is 2.16. The first kappa shape index (κ1) is 21.9. The number of hydrogen-bond acceptors (Lipinski definition) is 6. The number of carbonyl (C=O) groups excluding carboxylic acids is 2. The quantitative estimate of drug-likeness (QED) is 0.300. The highest BCUT2D eigenvalue weighted by Crippen LogP contribution is 2.26. The molecule has 1 saturated carbocycles. The standard InChI is InChI=1S/C26H28N6O2/c1-32(2)24-19-8-4-6-10-22(19)30-26(31-24)29-17-13-11-16(12-14-17)28-25(34)23(33)20-15-27-21-9-5-3-7-18(20)21/h3-10,15-17,27H,11-14H2,1-2H3,(H,28,34)(H,29,30,31)/t16-,17+. The molecule has 3 N–H and O–H groups in total. The molecule has 0 bridgehead atoms. The van der Waals surface area contributed by atoms with Gasteiger partial charge in [-0.25, -0.2) is 4.98 Å². The van der Waals surface area contributed by atoms with Gasteiger partial charge in [0.1, 0.15) is 5.82 Å². The Morgan fingerprint density at radius 3 is 2.35 bits per heavy atom. The zero-order valence-electron chi connectivity index (χ0n) is 19.3. The summed E-state index contributed by atoms with van der Waals surface area (Å²) in [5.74, 6) is 0.447. The molecule has 2 heterocycles. The first-order chi connectivity index (χ1) is 16.5. The van der Waals surface area contributed by atoms with Gasteiger partial charge in [0.05, 0.1) is 11.1 Å². The van der Waals surface area contributed by atoms with E-state index in [1.54, 1.807) is 6.20 Å². The van der Waals surface area contributed by atoms with Crippen molar-refractivity contribution in [1.29, 1.82) is 0 Å². The van der Waals surface area contributed by atoms with E-state index < -0.39 is 11.7 Å². The average molecular weight is 457 g/mol. The first-order valence-electron chi connectivity index (χ1n) is 11.6. The van der Waals surface area contributed by atoms with Crippen LogP contribution in [0.25, 0.3) is 21.8 Å². The maximum atomic E-state index is 12.7. The van der Waals surface area contributed by atoms with E-state index in [0.29, 0.717) is 11.5 Å². The van der Waals surface area contributed by atoms with Gasteiger partial charge in [0.15, 0.2) is 0 Å². The Hall–Kier alpha value is -3.94. The molecule has 0 atom stereocenters. The van der Waals surface area contributed by atoms with E-state index in [1.807, 2.05) is 67.5 Å². The lowest BCUT2D eigenvalue weighted by molar-refractivity contribution is -0.117. The number of ketones is 1. The number of para-hydroxylation sites is 2. The number of carbonyl (C=O) groups is 2. The zero-order valence-corrected chi connectivity index (χ0v) is 19.3. The summed E-state index contributed by atoms with van der Waals surface area (Å²) >= 11 is 0. The summed E-state index contributed by atoms with van der Waals surface area (Å²) in [4.78, 5) is 39.8. The minimum atomic E-state index is -0.547. The minimum absolute atomic E-state index is 0.0189. The fraction of sp³-hybridized carbons (Fsp3) is 0.308. The van der Waals surface area contributed by atoms with Gasteiger partial charge in [-0.2, -0.15) is 4.98 Å². The van der Waals surface area contributed by atoms with Gasteiger partial charge in [-0.05, 0) is 43.9 Å². The van der Waals surface area contributed by atoms with E-state index in [1.165, 1.54) is 0 Å². The second kappa shape index (κ2) is 9.13. The second-order valence-corrected chi connectivity index (χ2v) is 9.03. The van der Waals surface area contributed by atoms with Crippen LogP contribution in [0, 0.1) is 0 Å². The van der Waals surface area contributed by atoms with Crippen molar-refractivity contribution in [3.05, 3.63) is 60.3 Å². The van der Waals surface area contributed by atoms with Gasteiger partial charge < -0.3 is 20.5 Å². The molecule has 0 spiro atoms. The molecule has 4 aromatic rings. The third-order valence-corrected chi connectivity index (χ3v) is 6.44. The van der Waals surface area contributed by atoms with E-state index in [4.69, 9.17) is 9.97 Å². The first-order valence-corrected chi connectivity index (χ1v) is 11.6. The Morgan fingerprint density at radius 1 is 0.912 bits per heavy atom. The number of rotatable bonds is 6. The van der Waals surface area contributed by atoms with Crippen LogP contribution in [-0.2, 0) is 4.79 Å². The molecule has 1 aliphatic rings. The van der Waals surface area contributed by atoms with E-state index in [9.17, 15) is 9.59 Å². The number of fused-ring (bicyclic) bond motifs is 2. The number of H-pyrrole nitrogens is 1. The fourth-order valence-electron chi connectivity index (χ4n) is 4.66. The van der Waals surface area contributed by atoms with Crippen molar-refractivity contribution in [3.63, 3.8) is 0 Å². The van der Waals surface area contributed by atoms with E-state index in [-0.39, 0.29) is 12.1 Å². The molecule has 0 unspecified atom stereocenters. The fourth-order valence-corrected chi connectivity index (χ4v) is 4.66. The van der Waals surface area contributed by atoms with Crippen LogP contribution in [0.1, 0.15) is 36.0 Å². The Bertz CT molecular complexity index is 1350. The smallest absolute Gasteiger partial charge is 0.292 e. The lowest BCUT2D eigenvalue weighted by atomic mass is 9.91. The summed E-state index contributed by atoms with van der Waals surface area (Å²) in [7, 11) is 3.95. The molecule has 34 heavy (non-hydrogen) atoms. The van der Waals surface area contributed by atoms with Crippen molar-refractivity contribution in [2.75, 3.05) is 24.3 Å². The molecule has 2 aromatic carbocycles. The molecule has 0 aliphatic heterocycles. The lowest BCUT2D eigenvalue weighted by Crippen LogP contribution is -2.43. The minimum Gasteiger partial charge on any atom is -0.362 e. The molecule has 1 aliphatic carbocycles. The summed E-state index contributed by atoms with van der Waals surface area (Å²) in [5, 5.41) is 8.20. The molecule has 2 aromatic heterocycles. The SMILES string of the molecule is CN(C)c1nc(N[C@H]2CC[C@@H](NC(=O)C(=O)c3c[nH]c4ccccc34)CC2)nc2ccccc12. The highest BCUT2D eigenvalue weighted by Gasteiger charge is 2.27. The predicted molar refractivity (Wildman–Crippen MR) is 134 cm³/mol. The van der Waals surface area contributed by atoms with Gasteiger partial charge >= 0.3 is 0 Å². The van der Waals surface area contributed by atoms with Crippen LogP contribution in [-0.4, -0.2) is 52.8 Å². The third kappa shape index (κ3) is 4.31. The monoisotopic (exact) mass is 456 g/mol. The van der Waals surface area contributed by atoms with Crippen molar-refractivity contribution in [2.24, 2.45) is 0 Å². The van der Waals surface area contributed by atoms with Crippen molar-refractivity contribution >= 4 is 45.3 Å². The third-order valence-electron chi connectivity index (χ3n) is 6.44. The number of benzene rings is 2. The molecule has 8 nitrogen and oxygen atoms in total. The number of amides is 1. The van der Waals surface area contributed by atoms with Gasteiger partial charge in [-0.15, -0.1) is 0 Å². The zero-order chi connectivity index (χ0) is 23.7. The molecule has 5 rings (SSSR count). The number of hydrogen-bond donors (Lipinski definition) is 3. The highest BCUT2D eigenvalue weighted by molar-refractivity contribution is 6.45. The van der Waals surface area contributed by atoms with Crippen molar-refractivity contribution in [2.45, 2.75) is 37.8 Å². The van der Waals surface area contributed by atoms with Crippen LogP contribution in [0.4, 0.5) is 11.8 Å². The number of aromatic amines is 1. The lowest BCUT2D eigenvalue weighted by Gasteiger charge is -2.29. The van der Waals surface area contributed by atoms with E-state index in [2.05, 4.69) is 15.6 Å². The van der Waals surface area contributed by atoms with Gasteiger partial charge in [0, 0.05) is 48.7 Å². The molecule has 0 saturated heterocycles. The maximum Gasteiger partial charge on any atom is 0.292 e. The second-order valence-electron chi connectivity index (χ2n) is 9.03. The predicted octanol–water partition coefficient (Wildman–Crippen LogP) is 3.90. The summed E-state index contributed by atoms with van der Waals surface area (Å²) in [6.07, 6.45) is 4.91. The average Bonchev–Trinajstić information content (AvgIpc) is 3.28. The number of anilines is 2. The van der Waals surface area contributed by atoms with Crippen LogP contribution in [0.15, 0.2) is 54.7 Å². The summed E-state index contributed by atoms with van der Waals surface area (Å²) in [6, 6.07) is 15.7. The van der Waals surface area contributed by atoms with Gasteiger partial charge in [-0.3, -0.25) is 9.59 Å². The topological polar surface area (TPSA) is 103 Å². The Kier molecular flexibility index (Phi) is 5.88. The van der Waals surface area contributed by atoms with Crippen molar-refractivity contribution in [1.82, 2.24) is 20.3 Å². The van der Waals surface area contributed by atoms with Crippen LogP contribution < -0.4 is 15.5 Å². The summed E-state index contributed by atoms with van der Waals surface area (Å²) in [6.45, 7) is 0. The normalized spacial score (nSPS) is 18.1. The highest BCUT2D eigenvalue weighted by atomic mass is 16.2. The molecule has 8 heteroatoms. The number of aromatic nitrogens is 3. The molecule has 0 radical (unpaired) electrons. The van der Waals surface area contributed by atoms with Crippen LogP contribution in [0.3, 0.4) is 0 Å². The number of Topliss-reactive ketones (excluding diaryl/α,β-unsaturated/α-hetero) is 1. The van der Waals surface area contributed by atoms with E-state index in [0.717, 1.165) is 53.3 Å². The number of nitrogens with zero attached hydrogens (tertiary/aromatic N) is 3. The van der Waals surface area contributed by atoms with Crippen LogP contribution >= 0.6 is 0 Å². The van der Waals surface area contributed by atoms with Gasteiger partial charge in [-0.1, -0.05) is 30.3 Å². The van der Waals surface area contributed by atoms with Crippen LogP contribution in [0.2, 0.25) is 0 Å². The Morgan fingerprint density at radius 2 is 1.59 bits per heavy atom. The van der Waals surface area contributed by atoms with Gasteiger partial charge in [0.25, 0.3) is 11.7 Å². The Labute approximate surface area is 197 Å². The molecular formula is C26H28N6O2. The molecule has 174 valence electrons. The largest absolute Gasteiger partial charge is 0.362 e. The van der Waals surface area contributed by atoms with E-state index >= 15 is 0 Å². The van der Waals surface area contributed by atoms with Crippen molar-refractivity contribution in [3.8, 4) is 0 Å². The van der Waals surface area contributed by atoms with Crippen LogP contribution in [0.5, 0.6) is 0 Å². The van der Waals surface area contributed by atoms with Gasteiger partial charge in [0.2, 0.25) is 5.95 Å². The van der Waals surface area contributed by atoms with Crippen molar-refractivity contribution < 1.29 is 9.59 Å². The molecular weight excluding hydrogens is 428 g/mol. The summed E-state index contributed by atoms with van der Waals surface area (Å²) < 4.78 is 0.